The lowest BCUT2D eigenvalue weighted by molar-refractivity contribution is -0.134. The Morgan fingerprint density at radius 2 is 1.84 bits per heavy atom. The number of nitrogens with one attached hydrogen (secondary N) is 1. The van der Waals surface area contributed by atoms with E-state index in [0.717, 1.165) is 39.3 Å². The molecule has 0 bridgehead atoms. The Kier molecular flexibility index (Phi) is 12.1. The van der Waals surface area contributed by atoms with Crippen molar-refractivity contribution in [2.24, 2.45) is 0 Å². The number of carbonyl (C=O) groups is 3. The molecule has 2 aliphatic heterocycles. The molecule has 5 heterocycles. The summed E-state index contributed by atoms with van der Waals surface area (Å²) < 4.78 is 21.8. The number of carboxylic acid groups (broad SMARTS) is 1. The van der Waals surface area contributed by atoms with E-state index in [2.05, 4.69) is 42.2 Å². The average molecular weight is 797 g/mol. The number of ketones is 1. The summed E-state index contributed by atoms with van der Waals surface area (Å²) in [6.45, 7) is 7.35. The predicted octanol–water partition coefficient (Wildman–Crippen LogP) is 6.39. The molecule has 1 fully saturated rings. The molecule has 290 valence electrons. The highest BCUT2D eigenvalue weighted by molar-refractivity contribution is 7.22. The zero-order chi connectivity index (χ0) is 39.2. The lowest BCUT2D eigenvalue weighted by Crippen LogP contribution is -2.48. The monoisotopic (exact) mass is 796 g/mol. The fourth-order valence-corrected chi connectivity index (χ4v) is 8.65. The van der Waals surface area contributed by atoms with Crippen LogP contribution >= 0.6 is 22.7 Å². The number of nitrogens with zero attached hydrogens (tertiary/aromatic N) is 7. The number of aryl methyl sites for hydroxylation is 1. The Morgan fingerprint density at radius 3 is 2.61 bits per heavy atom. The third kappa shape index (κ3) is 9.13. The third-order valence-electron chi connectivity index (χ3n) is 9.71. The molecule has 1 saturated heterocycles. The van der Waals surface area contributed by atoms with Crippen molar-refractivity contribution in [3.8, 4) is 17.6 Å². The van der Waals surface area contributed by atoms with Crippen LogP contribution in [0.4, 0.5) is 26.3 Å². The van der Waals surface area contributed by atoms with Crippen molar-refractivity contribution >= 4 is 72.4 Å². The molecule has 0 saturated carbocycles. The highest BCUT2D eigenvalue weighted by Gasteiger charge is 2.28. The molecular weight excluding hydrogens is 756 g/mol. The second kappa shape index (κ2) is 17.5. The van der Waals surface area contributed by atoms with Crippen molar-refractivity contribution in [1.29, 1.82) is 0 Å². The number of amides is 1. The molecule has 2 aromatic carbocycles. The van der Waals surface area contributed by atoms with Crippen LogP contribution < -0.4 is 15.0 Å². The van der Waals surface area contributed by atoms with Gasteiger partial charge < -0.3 is 29.8 Å². The van der Waals surface area contributed by atoms with Crippen molar-refractivity contribution < 1.29 is 28.6 Å². The number of rotatable bonds is 13. The summed E-state index contributed by atoms with van der Waals surface area (Å²) in [4.78, 5) is 51.3. The van der Waals surface area contributed by atoms with Crippen LogP contribution in [0.1, 0.15) is 64.7 Å². The molecule has 0 atom stereocenters. The molecule has 16 heteroatoms. The van der Waals surface area contributed by atoms with E-state index >= 15 is 0 Å². The van der Waals surface area contributed by atoms with E-state index in [4.69, 9.17) is 4.74 Å². The Morgan fingerprint density at radius 1 is 1.02 bits per heavy atom. The van der Waals surface area contributed by atoms with Gasteiger partial charge in [-0.05, 0) is 69.9 Å². The zero-order valence-corrected chi connectivity index (χ0v) is 32.8. The zero-order valence-electron chi connectivity index (χ0n) is 31.1. The molecule has 2 N–H and O–H groups in total. The molecule has 56 heavy (non-hydrogen) atoms. The second-order valence-electron chi connectivity index (χ2n) is 13.7. The maximum Gasteiger partial charge on any atom is 0.355 e. The number of thiazole rings is 2. The largest absolute Gasteiger partial charge is 0.491 e. The Bertz CT molecular complexity index is 2300. The maximum absolute atomic E-state index is 15.0. The number of benzene rings is 2. The van der Waals surface area contributed by atoms with Crippen LogP contribution in [-0.4, -0.2) is 98.6 Å². The maximum atomic E-state index is 15.0. The molecular formula is C40H41FN8O5S2. The molecule has 0 aliphatic carbocycles. The number of Topliss-reactive ketones (excluding diaryl/α,β-unsaturated/α-hetero) is 1. The average Bonchev–Trinajstić information content (AvgIpc) is 3.82. The first-order chi connectivity index (χ1) is 27.1. The highest BCUT2D eigenvalue weighted by atomic mass is 32.1. The van der Waals surface area contributed by atoms with Crippen molar-refractivity contribution in [3.63, 3.8) is 0 Å². The van der Waals surface area contributed by atoms with Crippen molar-refractivity contribution in [2.75, 3.05) is 56.1 Å². The minimum absolute atomic E-state index is 0.00170. The number of carboxylic acids is 1. The number of hydrogen-bond acceptors (Lipinski definition) is 13. The van der Waals surface area contributed by atoms with Gasteiger partial charge in [0.25, 0.3) is 0 Å². The van der Waals surface area contributed by atoms with Gasteiger partial charge in [0, 0.05) is 67.1 Å². The molecule has 0 spiro atoms. The van der Waals surface area contributed by atoms with E-state index in [0.29, 0.717) is 79.3 Å². The smallest absolute Gasteiger partial charge is 0.355 e. The normalized spacial score (nSPS) is 14.3. The van der Waals surface area contributed by atoms with E-state index in [-0.39, 0.29) is 42.6 Å². The summed E-state index contributed by atoms with van der Waals surface area (Å²) >= 11 is 2.86. The van der Waals surface area contributed by atoms with Crippen molar-refractivity contribution in [3.05, 3.63) is 75.5 Å². The van der Waals surface area contributed by atoms with Crippen LogP contribution in [0.3, 0.4) is 0 Å². The summed E-state index contributed by atoms with van der Waals surface area (Å²) in [7, 11) is 0. The van der Waals surface area contributed by atoms with Crippen LogP contribution in [0.2, 0.25) is 0 Å². The molecule has 0 radical (unpaired) electrons. The van der Waals surface area contributed by atoms with Crippen LogP contribution in [0, 0.1) is 24.6 Å². The number of anilines is 4. The third-order valence-corrected chi connectivity index (χ3v) is 11.8. The molecule has 2 aliphatic rings. The van der Waals surface area contributed by atoms with Crippen LogP contribution in [0.15, 0.2) is 42.5 Å². The fraction of sp³-hybridized carbons (Fsp3) is 0.375. The number of para-hydroxylation sites is 1. The number of halogens is 1. The Labute approximate surface area is 331 Å². The van der Waals surface area contributed by atoms with E-state index in [1.807, 2.05) is 36.1 Å². The van der Waals surface area contributed by atoms with Crippen LogP contribution in [-0.2, 0) is 22.4 Å². The minimum Gasteiger partial charge on any atom is -0.491 e. The number of aromatic carboxylic acids is 1. The van der Waals surface area contributed by atoms with Crippen LogP contribution in [0.25, 0.3) is 10.2 Å². The Balaban J connectivity index is 0.921. The Hall–Kier alpha value is -5.50. The van der Waals surface area contributed by atoms with Gasteiger partial charge in [-0.15, -0.1) is 21.5 Å². The van der Waals surface area contributed by atoms with Gasteiger partial charge in [-0.2, -0.15) is 0 Å². The SMILES string of the molecule is CC(=O)CCC(=O)N1CCN(CC#Cc2ccc(OCCCc3sc(N4CCCc5c4nnc(Nc4nc6ccccc6s4)c5C)nc3C(=O)O)c(F)c2)CC1. The van der Waals surface area contributed by atoms with Gasteiger partial charge >= 0.3 is 5.97 Å². The summed E-state index contributed by atoms with van der Waals surface area (Å²) in [5.41, 5.74) is 3.42. The van der Waals surface area contributed by atoms with Gasteiger partial charge in [-0.25, -0.2) is 19.2 Å². The van der Waals surface area contributed by atoms with Gasteiger partial charge in [-0.1, -0.05) is 35.3 Å². The fourth-order valence-electron chi connectivity index (χ4n) is 6.66. The van der Waals surface area contributed by atoms with Gasteiger partial charge in [0.15, 0.2) is 39.2 Å². The summed E-state index contributed by atoms with van der Waals surface area (Å²) in [5, 5.41) is 23.7. The topological polar surface area (TPSA) is 154 Å². The molecule has 1 amide bonds. The number of carbonyl (C=O) groups excluding carboxylic acids is 2. The number of aromatic nitrogens is 4. The summed E-state index contributed by atoms with van der Waals surface area (Å²) in [6.07, 6.45) is 3.01. The lowest BCUT2D eigenvalue weighted by atomic mass is 10.0. The van der Waals surface area contributed by atoms with Gasteiger partial charge in [0.1, 0.15) is 5.78 Å². The number of hydrogen-bond donors (Lipinski definition) is 2. The predicted molar refractivity (Wildman–Crippen MR) is 214 cm³/mol. The standard InChI is InChI=1S/C40H41FN8O5S2/c1-25(50)13-16-34(51)48-21-19-47(20-22-48)17-5-8-27-14-15-31(29(41)24-27)54-23-7-12-33-35(38(52)53)43-40(56-33)49-18-6-9-28-26(2)36(45-46-37(28)49)44-39-42-30-10-3-4-11-32(30)55-39/h3-4,10-11,14-15,24H,6-7,9,12-13,16-23H2,1-2H3,(H,52,53)(H,42,44,45). The lowest BCUT2D eigenvalue weighted by Gasteiger charge is -2.33. The molecule has 5 aromatic rings. The van der Waals surface area contributed by atoms with E-state index in [1.54, 1.807) is 28.4 Å². The molecule has 13 nitrogen and oxygen atoms in total. The minimum atomic E-state index is -1.11. The molecule has 3 aromatic heterocycles. The van der Waals surface area contributed by atoms with Gasteiger partial charge in [0.2, 0.25) is 5.91 Å². The number of piperazine rings is 1. The first kappa shape index (κ1) is 38.8. The van der Waals surface area contributed by atoms with Crippen LogP contribution in [0.5, 0.6) is 5.75 Å². The molecule has 7 rings (SSSR count). The van der Waals surface area contributed by atoms with E-state index < -0.39 is 11.8 Å². The number of ether oxygens (including phenoxy) is 1. The van der Waals surface area contributed by atoms with Crippen molar-refractivity contribution in [1.82, 2.24) is 30.0 Å². The number of fused-ring (bicyclic) bond motifs is 2. The van der Waals surface area contributed by atoms with Crippen molar-refractivity contribution in [2.45, 2.75) is 52.4 Å². The quantitative estimate of drug-likeness (QED) is 0.100. The highest BCUT2D eigenvalue weighted by Crippen LogP contribution is 2.39. The second-order valence-corrected chi connectivity index (χ2v) is 15.8. The molecule has 0 unspecified atom stereocenters. The van der Waals surface area contributed by atoms with Gasteiger partial charge in [-0.3, -0.25) is 9.69 Å². The summed E-state index contributed by atoms with van der Waals surface area (Å²) in [5.74, 6) is 5.87. The first-order valence-electron chi connectivity index (χ1n) is 18.5. The van der Waals surface area contributed by atoms with E-state index in [9.17, 15) is 23.9 Å². The first-order valence-corrected chi connectivity index (χ1v) is 20.2. The van der Waals surface area contributed by atoms with E-state index in [1.165, 1.54) is 24.3 Å². The van der Waals surface area contributed by atoms with Gasteiger partial charge in [0.05, 0.1) is 23.4 Å². The summed E-state index contributed by atoms with van der Waals surface area (Å²) in [6, 6.07) is 12.5.